The molecule has 1 aliphatic heterocycles. The van der Waals surface area contributed by atoms with Crippen LogP contribution in [0, 0.1) is 29.1 Å². The van der Waals surface area contributed by atoms with Crippen LogP contribution in [0.1, 0.15) is 84.0 Å². The molecule has 5 aliphatic rings. The van der Waals surface area contributed by atoms with E-state index in [1.807, 2.05) is 0 Å². The summed E-state index contributed by atoms with van der Waals surface area (Å²) in [4.78, 5) is 26.8. The lowest BCUT2D eigenvalue weighted by Crippen LogP contribution is -2.47. The lowest BCUT2D eigenvalue weighted by molar-refractivity contribution is -0.154. The first-order chi connectivity index (χ1) is 14.5. The largest absolute Gasteiger partial charge is 0.466 e. The third-order valence-corrected chi connectivity index (χ3v) is 8.14. The first kappa shape index (κ1) is 22.1. The van der Waals surface area contributed by atoms with Crippen molar-refractivity contribution in [3.63, 3.8) is 0 Å². The molecule has 1 unspecified atom stereocenters. The summed E-state index contributed by atoms with van der Waals surface area (Å²) in [6, 6.07) is 0. The quantitative estimate of drug-likeness (QED) is 0.459. The van der Waals surface area contributed by atoms with Gasteiger partial charge in [-0.3, -0.25) is 9.59 Å². The van der Waals surface area contributed by atoms with Crippen LogP contribution >= 0.6 is 0 Å². The Hall–Kier alpha value is -1.10. The van der Waals surface area contributed by atoms with Crippen LogP contribution in [0.15, 0.2) is 0 Å². The van der Waals surface area contributed by atoms with E-state index in [2.05, 4.69) is 11.8 Å². The highest BCUT2D eigenvalue weighted by Gasteiger charge is 2.51. The smallest absolute Gasteiger partial charge is 0.306 e. The standard InChI is InChI=1S/C25H41NO4/c1-19(6-10-29-23(27)5-4-9-26-7-2-3-8-26)18-30-24(28)17-25-14-20-11-21(15-25)13-22(12-20)16-25/h19-22H,2-18H2,1H3. The number of carbonyl (C=O) groups excluding carboxylic acids is 2. The molecule has 5 fully saturated rings. The molecule has 5 rings (SSSR count). The van der Waals surface area contributed by atoms with E-state index in [1.165, 1.54) is 64.5 Å². The fraction of sp³-hybridized carbons (Fsp3) is 0.920. The highest BCUT2D eigenvalue weighted by Crippen LogP contribution is 2.61. The summed E-state index contributed by atoms with van der Waals surface area (Å²) in [5.74, 6) is 2.72. The summed E-state index contributed by atoms with van der Waals surface area (Å²) in [5, 5.41) is 0. The Bertz CT molecular complexity index is 563. The minimum atomic E-state index is -0.0970. The molecule has 0 aromatic heterocycles. The Labute approximate surface area is 182 Å². The van der Waals surface area contributed by atoms with Crippen LogP contribution in [-0.4, -0.2) is 49.7 Å². The summed E-state index contributed by atoms with van der Waals surface area (Å²) < 4.78 is 11.0. The van der Waals surface area contributed by atoms with Gasteiger partial charge in [0.1, 0.15) is 0 Å². The van der Waals surface area contributed by atoms with Gasteiger partial charge in [0, 0.05) is 6.42 Å². The third kappa shape index (κ3) is 5.99. The summed E-state index contributed by atoms with van der Waals surface area (Å²) in [6.07, 6.45) is 13.3. The lowest BCUT2D eigenvalue weighted by atomic mass is 9.49. The third-order valence-electron chi connectivity index (χ3n) is 8.14. The average Bonchev–Trinajstić information content (AvgIpc) is 3.18. The minimum Gasteiger partial charge on any atom is -0.466 e. The maximum Gasteiger partial charge on any atom is 0.306 e. The average molecular weight is 420 g/mol. The monoisotopic (exact) mass is 419 g/mol. The highest BCUT2D eigenvalue weighted by atomic mass is 16.5. The molecular weight excluding hydrogens is 378 g/mol. The van der Waals surface area contributed by atoms with Crippen molar-refractivity contribution in [3.8, 4) is 0 Å². The van der Waals surface area contributed by atoms with Gasteiger partial charge < -0.3 is 14.4 Å². The van der Waals surface area contributed by atoms with E-state index in [-0.39, 0.29) is 23.3 Å². The Morgan fingerprint density at radius 2 is 1.60 bits per heavy atom. The zero-order valence-corrected chi connectivity index (χ0v) is 18.9. The van der Waals surface area contributed by atoms with Crippen LogP contribution in [0.5, 0.6) is 0 Å². The normalized spacial score (nSPS) is 33.6. The topological polar surface area (TPSA) is 55.8 Å². The van der Waals surface area contributed by atoms with Crippen LogP contribution in [-0.2, 0) is 19.1 Å². The van der Waals surface area contributed by atoms with E-state index in [0.717, 1.165) is 37.1 Å². The number of likely N-dealkylation sites (tertiary alicyclic amines) is 1. The predicted molar refractivity (Wildman–Crippen MR) is 116 cm³/mol. The SMILES string of the molecule is CC(CCOC(=O)CCCN1CCCC1)COC(=O)CC12CC3CC(CC(C3)C1)C2. The van der Waals surface area contributed by atoms with Crippen molar-refractivity contribution in [2.75, 3.05) is 32.8 Å². The Balaban J connectivity index is 1.06. The van der Waals surface area contributed by atoms with Crippen LogP contribution in [0.3, 0.4) is 0 Å². The number of hydrogen-bond donors (Lipinski definition) is 0. The fourth-order valence-corrected chi connectivity index (χ4v) is 7.08. The zero-order chi connectivity index (χ0) is 21.0. The highest BCUT2D eigenvalue weighted by molar-refractivity contribution is 5.70. The van der Waals surface area contributed by atoms with E-state index in [9.17, 15) is 9.59 Å². The molecule has 0 amide bonds. The van der Waals surface area contributed by atoms with Crippen molar-refractivity contribution in [1.82, 2.24) is 4.90 Å². The molecule has 0 aromatic rings. The van der Waals surface area contributed by atoms with E-state index in [0.29, 0.717) is 26.1 Å². The van der Waals surface area contributed by atoms with E-state index in [1.54, 1.807) is 0 Å². The molecule has 1 heterocycles. The van der Waals surface area contributed by atoms with Crippen LogP contribution in [0.4, 0.5) is 0 Å². The zero-order valence-electron chi connectivity index (χ0n) is 18.9. The van der Waals surface area contributed by atoms with Gasteiger partial charge in [0.2, 0.25) is 0 Å². The lowest BCUT2D eigenvalue weighted by Gasteiger charge is -2.56. The maximum atomic E-state index is 12.5. The molecule has 5 heteroatoms. The first-order valence-corrected chi connectivity index (χ1v) is 12.5. The number of esters is 2. The fourth-order valence-electron chi connectivity index (χ4n) is 7.08. The summed E-state index contributed by atoms with van der Waals surface area (Å²) in [5.41, 5.74) is 0.250. The summed E-state index contributed by atoms with van der Waals surface area (Å²) in [6.45, 7) is 6.29. The molecule has 0 spiro atoms. The molecule has 1 saturated heterocycles. The maximum absolute atomic E-state index is 12.5. The Kier molecular flexibility index (Phi) is 7.38. The van der Waals surface area contributed by atoms with Crippen molar-refractivity contribution in [2.24, 2.45) is 29.1 Å². The molecule has 4 bridgehead atoms. The molecule has 1 atom stereocenters. The van der Waals surface area contributed by atoms with Crippen LogP contribution < -0.4 is 0 Å². The van der Waals surface area contributed by atoms with Gasteiger partial charge in [-0.1, -0.05) is 6.92 Å². The van der Waals surface area contributed by atoms with Gasteiger partial charge >= 0.3 is 11.9 Å². The van der Waals surface area contributed by atoms with Crippen LogP contribution in [0.25, 0.3) is 0 Å². The first-order valence-electron chi connectivity index (χ1n) is 12.5. The van der Waals surface area contributed by atoms with E-state index in [4.69, 9.17) is 9.47 Å². The minimum absolute atomic E-state index is 0.0114. The molecule has 0 aromatic carbocycles. The number of carbonyl (C=O) groups is 2. The van der Waals surface area contributed by atoms with Crippen molar-refractivity contribution >= 4 is 11.9 Å². The summed E-state index contributed by atoms with van der Waals surface area (Å²) in [7, 11) is 0. The molecule has 0 N–H and O–H groups in total. The second-order valence-corrected chi connectivity index (χ2v) is 11.0. The molecule has 4 saturated carbocycles. The van der Waals surface area contributed by atoms with Gasteiger partial charge in [-0.2, -0.15) is 0 Å². The molecule has 170 valence electrons. The van der Waals surface area contributed by atoms with Crippen molar-refractivity contribution in [2.45, 2.75) is 84.0 Å². The van der Waals surface area contributed by atoms with Crippen molar-refractivity contribution in [3.05, 3.63) is 0 Å². The Morgan fingerprint density at radius 3 is 2.23 bits per heavy atom. The van der Waals surface area contributed by atoms with Gasteiger partial charge in [0.05, 0.1) is 19.6 Å². The Morgan fingerprint density at radius 1 is 0.967 bits per heavy atom. The molecule has 30 heavy (non-hydrogen) atoms. The van der Waals surface area contributed by atoms with E-state index >= 15 is 0 Å². The van der Waals surface area contributed by atoms with Gasteiger partial charge in [-0.25, -0.2) is 0 Å². The van der Waals surface area contributed by atoms with Gasteiger partial charge in [-0.05, 0) is 113 Å². The molecular formula is C25H41NO4. The van der Waals surface area contributed by atoms with Gasteiger partial charge in [-0.15, -0.1) is 0 Å². The van der Waals surface area contributed by atoms with E-state index < -0.39 is 0 Å². The number of hydrogen-bond acceptors (Lipinski definition) is 5. The summed E-state index contributed by atoms with van der Waals surface area (Å²) >= 11 is 0. The number of rotatable bonds is 11. The van der Waals surface area contributed by atoms with Crippen LogP contribution in [0.2, 0.25) is 0 Å². The second-order valence-electron chi connectivity index (χ2n) is 11.0. The molecule has 4 aliphatic carbocycles. The number of nitrogens with zero attached hydrogens (tertiary/aromatic N) is 1. The second kappa shape index (κ2) is 10.0. The molecule has 0 radical (unpaired) electrons. The van der Waals surface area contributed by atoms with Crippen molar-refractivity contribution in [1.29, 1.82) is 0 Å². The predicted octanol–water partition coefficient (Wildman–Crippen LogP) is 4.58. The van der Waals surface area contributed by atoms with Gasteiger partial charge in [0.15, 0.2) is 0 Å². The van der Waals surface area contributed by atoms with Gasteiger partial charge in [0.25, 0.3) is 0 Å². The number of ether oxygens (including phenoxy) is 2. The van der Waals surface area contributed by atoms with Crippen molar-refractivity contribution < 1.29 is 19.1 Å². The molecule has 5 nitrogen and oxygen atoms in total.